The average molecular weight is 296 g/mol. The Morgan fingerprint density at radius 1 is 1.43 bits per heavy atom. The lowest BCUT2D eigenvalue weighted by Crippen LogP contribution is -2.48. The minimum Gasteiger partial charge on any atom is -0.369 e. The van der Waals surface area contributed by atoms with Crippen LogP contribution in [0.25, 0.3) is 0 Å². The van der Waals surface area contributed by atoms with Crippen LogP contribution in [0.4, 0.5) is 10.2 Å². The number of rotatable bonds is 7. The van der Waals surface area contributed by atoms with Crippen LogP contribution in [0.2, 0.25) is 0 Å². The van der Waals surface area contributed by atoms with E-state index in [0.29, 0.717) is 18.9 Å². The highest BCUT2D eigenvalue weighted by atomic mass is 19.1. The van der Waals surface area contributed by atoms with Crippen LogP contribution in [0.3, 0.4) is 0 Å². The Hall–Kier alpha value is -1.69. The number of likely N-dealkylation sites (N-methyl/N-ethyl adjacent to an activating group) is 1. The number of pyridine rings is 1. The zero-order chi connectivity index (χ0) is 16.0. The van der Waals surface area contributed by atoms with Crippen LogP contribution in [0.15, 0.2) is 12.3 Å². The summed E-state index contributed by atoms with van der Waals surface area (Å²) < 4.78 is 13.4. The number of hydrogen-bond donors (Lipinski definition) is 2. The van der Waals surface area contributed by atoms with Crippen molar-refractivity contribution in [1.29, 1.82) is 0 Å². The van der Waals surface area contributed by atoms with Gasteiger partial charge in [-0.3, -0.25) is 4.79 Å². The third-order valence-electron chi connectivity index (χ3n) is 3.53. The second-order valence-corrected chi connectivity index (χ2v) is 5.87. The quantitative estimate of drug-likeness (QED) is 0.809. The van der Waals surface area contributed by atoms with Crippen molar-refractivity contribution in [3.05, 3.63) is 23.6 Å². The molecule has 1 heterocycles. The lowest BCUT2D eigenvalue weighted by molar-refractivity contribution is 0.0919. The first-order chi connectivity index (χ1) is 9.77. The zero-order valence-corrected chi connectivity index (χ0v) is 13.5. The number of nitrogens with one attached hydrogen (secondary N) is 2. The van der Waals surface area contributed by atoms with Crippen LogP contribution >= 0.6 is 0 Å². The van der Waals surface area contributed by atoms with Gasteiger partial charge in [-0.05, 0) is 40.4 Å². The molecule has 1 amide bonds. The van der Waals surface area contributed by atoms with Crippen LogP contribution < -0.4 is 10.6 Å². The lowest BCUT2D eigenvalue weighted by Gasteiger charge is -2.32. The number of aromatic nitrogens is 1. The Morgan fingerprint density at radius 3 is 2.67 bits per heavy atom. The van der Waals surface area contributed by atoms with Gasteiger partial charge in [-0.25, -0.2) is 9.37 Å². The molecule has 5 nitrogen and oxygen atoms in total. The summed E-state index contributed by atoms with van der Waals surface area (Å²) in [6.07, 6.45) is 2.01. The van der Waals surface area contributed by atoms with Crippen LogP contribution in [-0.2, 0) is 0 Å². The van der Waals surface area contributed by atoms with E-state index < -0.39 is 5.82 Å². The SMILES string of the molecule is CCCNc1ncc(F)cc1C(=O)NCC(C)(C)N(C)C. The molecule has 1 rings (SSSR count). The summed E-state index contributed by atoms with van der Waals surface area (Å²) in [6.45, 7) is 7.20. The summed E-state index contributed by atoms with van der Waals surface area (Å²) in [5, 5.41) is 5.88. The number of amides is 1. The normalized spacial score (nSPS) is 11.6. The number of carbonyl (C=O) groups is 1. The van der Waals surface area contributed by atoms with Gasteiger partial charge < -0.3 is 15.5 Å². The van der Waals surface area contributed by atoms with Gasteiger partial charge in [0.2, 0.25) is 0 Å². The molecule has 6 heteroatoms. The molecule has 1 aromatic rings. The second-order valence-electron chi connectivity index (χ2n) is 5.87. The van der Waals surface area contributed by atoms with Crippen molar-refractivity contribution in [3.8, 4) is 0 Å². The van der Waals surface area contributed by atoms with Crippen LogP contribution in [0, 0.1) is 5.82 Å². The van der Waals surface area contributed by atoms with Crippen molar-refractivity contribution in [1.82, 2.24) is 15.2 Å². The van der Waals surface area contributed by atoms with Gasteiger partial charge in [-0.15, -0.1) is 0 Å². The zero-order valence-electron chi connectivity index (χ0n) is 13.5. The summed E-state index contributed by atoms with van der Waals surface area (Å²) in [5.74, 6) is -0.428. The maximum absolute atomic E-state index is 13.4. The van der Waals surface area contributed by atoms with Crippen molar-refractivity contribution in [2.24, 2.45) is 0 Å². The van der Waals surface area contributed by atoms with Gasteiger partial charge in [-0.2, -0.15) is 0 Å². The minimum absolute atomic E-state index is 0.187. The predicted octanol–water partition coefficient (Wildman–Crippen LogP) is 2.11. The van der Waals surface area contributed by atoms with Gasteiger partial charge in [0.25, 0.3) is 5.91 Å². The van der Waals surface area contributed by atoms with E-state index in [1.54, 1.807) is 0 Å². The van der Waals surface area contributed by atoms with Crippen LogP contribution in [0.1, 0.15) is 37.6 Å². The van der Waals surface area contributed by atoms with Gasteiger partial charge in [0.1, 0.15) is 11.6 Å². The van der Waals surface area contributed by atoms with Crippen molar-refractivity contribution in [3.63, 3.8) is 0 Å². The van der Waals surface area contributed by atoms with Gasteiger partial charge in [-0.1, -0.05) is 6.92 Å². The maximum Gasteiger partial charge on any atom is 0.255 e. The molecule has 0 saturated heterocycles. The molecular weight excluding hydrogens is 271 g/mol. The molecule has 0 unspecified atom stereocenters. The monoisotopic (exact) mass is 296 g/mol. The number of nitrogens with zero attached hydrogens (tertiary/aromatic N) is 2. The largest absolute Gasteiger partial charge is 0.369 e. The Morgan fingerprint density at radius 2 is 2.10 bits per heavy atom. The summed E-state index contributed by atoms with van der Waals surface area (Å²) in [6, 6.07) is 1.21. The molecule has 0 aliphatic heterocycles. The number of carbonyl (C=O) groups excluding carboxylic acids is 1. The number of halogens is 1. The first-order valence-electron chi connectivity index (χ1n) is 7.13. The van der Waals surface area contributed by atoms with E-state index in [1.165, 1.54) is 6.07 Å². The topological polar surface area (TPSA) is 57.3 Å². The van der Waals surface area contributed by atoms with Gasteiger partial charge in [0.05, 0.1) is 11.8 Å². The average Bonchev–Trinajstić information content (AvgIpc) is 2.43. The molecule has 0 aromatic carbocycles. The number of hydrogen-bond acceptors (Lipinski definition) is 4. The fourth-order valence-corrected chi connectivity index (χ4v) is 1.55. The molecule has 0 aliphatic carbocycles. The van der Waals surface area contributed by atoms with E-state index in [1.807, 2.05) is 39.8 Å². The molecule has 0 bridgehead atoms. The van der Waals surface area contributed by atoms with E-state index in [9.17, 15) is 9.18 Å². The third kappa shape index (κ3) is 4.97. The van der Waals surface area contributed by atoms with Crippen molar-refractivity contribution >= 4 is 11.7 Å². The Labute approximate surface area is 125 Å². The van der Waals surface area contributed by atoms with Crippen LogP contribution in [-0.4, -0.2) is 48.5 Å². The highest BCUT2D eigenvalue weighted by Gasteiger charge is 2.22. The lowest BCUT2D eigenvalue weighted by atomic mass is 10.0. The highest BCUT2D eigenvalue weighted by molar-refractivity contribution is 5.98. The van der Waals surface area contributed by atoms with Crippen molar-refractivity contribution in [2.75, 3.05) is 32.5 Å². The van der Waals surface area contributed by atoms with E-state index in [4.69, 9.17) is 0 Å². The van der Waals surface area contributed by atoms with E-state index in [0.717, 1.165) is 12.6 Å². The molecule has 0 atom stereocenters. The molecular formula is C15H25FN4O. The van der Waals surface area contributed by atoms with Gasteiger partial charge in [0, 0.05) is 18.6 Å². The fraction of sp³-hybridized carbons (Fsp3) is 0.600. The molecule has 21 heavy (non-hydrogen) atoms. The third-order valence-corrected chi connectivity index (χ3v) is 3.53. The first-order valence-corrected chi connectivity index (χ1v) is 7.13. The molecule has 118 valence electrons. The number of anilines is 1. The molecule has 0 aliphatic rings. The predicted molar refractivity (Wildman–Crippen MR) is 83.1 cm³/mol. The standard InChI is InChI=1S/C15H25FN4O/c1-6-7-17-13-12(8-11(16)9-18-13)14(21)19-10-15(2,3)20(4)5/h8-9H,6-7,10H2,1-5H3,(H,17,18)(H,19,21). The Bertz CT molecular complexity index is 489. The van der Waals surface area contributed by atoms with Crippen molar-refractivity contribution < 1.29 is 9.18 Å². The molecule has 2 N–H and O–H groups in total. The van der Waals surface area contributed by atoms with Crippen LogP contribution in [0.5, 0.6) is 0 Å². The molecule has 0 spiro atoms. The maximum atomic E-state index is 13.4. The van der Waals surface area contributed by atoms with E-state index in [-0.39, 0.29) is 17.0 Å². The van der Waals surface area contributed by atoms with Crippen molar-refractivity contribution in [2.45, 2.75) is 32.7 Å². The summed E-state index contributed by atoms with van der Waals surface area (Å²) in [7, 11) is 3.90. The first kappa shape index (κ1) is 17.4. The summed E-state index contributed by atoms with van der Waals surface area (Å²) in [4.78, 5) is 18.3. The van der Waals surface area contributed by atoms with E-state index >= 15 is 0 Å². The molecule has 0 radical (unpaired) electrons. The Balaban J connectivity index is 2.83. The fourth-order valence-electron chi connectivity index (χ4n) is 1.55. The Kier molecular flexibility index (Phi) is 6.08. The smallest absolute Gasteiger partial charge is 0.255 e. The summed E-state index contributed by atoms with van der Waals surface area (Å²) in [5.41, 5.74) is 0.0472. The highest BCUT2D eigenvalue weighted by Crippen LogP contribution is 2.15. The van der Waals surface area contributed by atoms with Gasteiger partial charge >= 0.3 is 0 Å². The molecule has 0 saturated carbocycles. The second kappa shape index (κ2) is 7.36. The summed E-state index contributed by atoms with van der Waals surface area (Å²) >= 11 is 0. The van der Waals surface area contributed by atoms with E-state index in [2.05, 4.69) is 15.6 Å². The molecule has 1 aromatic heterocycles. The van der Waals surface area contributed by atoms with Gasteiger partial charge in [0.15, 0.2) is 0 Å². The minimum atomic E-state index is -0.519. The molecule has 0 fully saturated rings.